The normalized spacial score (nSPS) is 11.8. The quantitative estimate of drug-likeness (QED) is 0.152. The van der Waals surface area contributed by atoms with Crippen molar-refractivity contribution in [1.29, 1.82) is 0 Å². The van der Waals surface area contributed by atoms with Crippen LogP contribution in [-0.2, 0) is 0 Å². The van der Waals surface area contributed by atoms with Crippen LogP contribution in [0.1, 0.15) is 5.56 Å². The van der Waals surface area contributed by atoms with Gasteiger partial charge in [-0.25, -0.2) is 15.0 Å². The molecule has 15 aromatic rings. The summed E-state index contributed by atoms with van der Waals surface area (Å²) in [6, 6.07) is 93.5. The molecule has 15 rings (SSSR count). The number of rotatable bonds is 8. The molecule has 0 N–H and O–H groups in total. The van der Waals surface area contributed by atoms with Crippen molar-refractivity contribution in [2.75, 3.05) is 0 Å². The van der Waals surface area contributed by atoms with Crippen molar-refractivity contribution in [1.82, 2.24) is 28.7 Å². The lowest BCUT2D eigenvalue weighted by Gasteiger charge is -2.17. The highest BCUT2D eigenvalue weighted by atomic mass is 15.0. The molecular formula is C70H46N6. The molecule has 0 amide bonds. The molecule has 6 nitrogen and oxygen atoms in total. The second kappa shape index (κ2) is 17.5. The van der Waals surface area contributed by atoms with E-state index in [2.05, 4.69) is 245 Å². The van der Waals surface area contributed by atoms with Crippen molar-refractivity contribution in [2.45, 2.75) is 6.92 Å². The molecule has 0 fully saturated rings. The minimum Gasteiger partial charge on any atom is -0.309 e. The summed E-state index contributed by atoms with van der Waals surface area (Å²) in [5, 5.41) is 7.32. The molecule has 4 heterocycles. The first-order valence-corrected chi connectivity index (χ1v) is 25.8. The molecule has 0 saturated heterocycles. The first-order chi connectivity index (χ1) is 37.6. The maximum atomic E-state index is 5.16. The van der Waals surface area contributed by atoms with E-state index < -0.39 is 0 Å². The van der Waals surface area contributed by atoms with Crippen LogP contribution in [0.3, 0.4) is 0 Å². The molecule has 76 heavy (non-hydrogen) atoms. The van der Waals surface area contributed by atoms with E-state index in [0.717, 1.165) is 61.3 Å². The topological polar surface area (TPSA) is 53.5 Å². The number of hydrogen-bond donors (Lipinski definition) is 0. The van der Waals surface area contributed by atoms with Crippen molar-refractivity contribution in [3.05, 3.63) is 266 Å². The number of para-hydroxylation sites is 5. The third-order valence-corrected chi connectivity index (χ3v) is 15.2. The lowest BCUT2D eigenvalue weighted by atomic mass is 10.00. The van der Waals surface area contributed by atoms with Gasteiger partial charge >= 0.3 is 0 Å². The fourth-order valence-electron chi connectivity index (χ4n) is 11.7. The zero-order chi connectivity index (χ0) is 50.3. The number of nitrogens with zero attached hydrogens (tertiary/aromatic N) is 6. The number of aromatic nitrogens is 6. The van der Waals surface area contributed by atoms with Gasteiger partial charge in [0.1, 0.15) is 0 Å². The maximum absolute atomic E-state index is 5.16. The number of aryl methyl sites for hydroxylation is 1. The Bertz CT molecular complexity index is 4640. The molecule has 0 aliphatic rings. The van der Waals surface area contributed by atoms with E-state index in [-0.39, 0.29) is 0 Å². The van der Waals surface area contributed by atoms with E-state index in [1.54, 1.807) is 0 Å². The number of hydrogen-bond acceptors (Lipinski definition) is 3. The molecule has 0 saturated carbocycles. The first kappa shape index (κ1) is 43.4. The molecular weight excluding hydrogens is 925 g/mol. The Morgan fingerprint density at radius 1 is 0.250 bits per heavy atom. The van der Waals surface area contributed by atoms with Crippen molar-refractivity contribution in [3.8, 4) is 73.5 Å². The Balaban J connectivity index is 0.863. The van der Waals surface area contributed by atoms with Crippen LogP contribution < -0.4 is 0 Å². The zero-order valence-corrected chi connectivity index (χ0v) is 41.5. The van der Waals surface area contributed by atoms with Crippen LogP contribution >= 0.6 is 0 Å². The molecule has 0 unspecified atom stereocenters. The lowest BCUT2D eigenvalue weighted by molar-refractivity contribution is 1.07. The highest BCUT2D eigenvalue weighted by molar-refractivity contribution is 6.13. The van der Waals surface area contributed by atoms with Gasteiger partial charge in [-0.15, -0.1) is 0 Å². The third-order valence-electron chi connectivity index (χ3n) is 15.2. The number of fused-ring (bicyclic) bond motifs is 9. The van der Waals surface area contributed by atoms with Gasteiger partial charge < -0.3 is 13.7 Å². The predicted octanol–water partition coefficient (Wildman–Crippen LogP) is 17.8. The Morgan fingerprint density at radius 2 is 0.632 bits per heavy atom. The van der Waals surface area contributed by atoms with E-state index in [0.29, 0.717) is 17.5 Å². The maximum Gasteiger partial charge on any atom is 0.164 e. The summed E-state index contributed by atoms with van der Waals surface area (Å²) >= 11 is 0. The van der Waals surface area contributed by atoms with E-state index in [9.17, 15) is 0 Å². The van der Waals surface area contributed by atoms with E-state index in [4.69, 9.17) is 15.0 Å². The average Bonchev–Trinajstić information content (AvgIpc) is 4.22. The van der Waals surface area contributed by atoms with Crippen LogP contribution in [-0.4, -0.2) is 28.7 Å². The molecule has 0 atom stereocenters. The Morgan fingerprint density at radius 3 is 1.16 bits per heavy atom. The highest BCUT2D eigenvalue weighted by Gasteiger charge is 2.21. The fraction of sp³-hybridized carbons (Fsp3) is 0.0143. The standard InChI is InChI=1S/C70H46N6/c1-45-18-8-13-27-60(45)75-64-31-17-12-26-57(64)59-43-50(36-41-66(59)75)49-35-40-65-58(42-49)56-25-11-14-28-61(56)74(65)52-37-32-46(33-38-52)53-39-34-51(44-67(53)76-62-29-15-9-23-54(62)55-24-10-16-30-63(55)76)70-72-68(47-19-4-2-5-20-47)71-69(73-70)48-21-6-3-7-22-48/h2-44H,1H3. The molecule has 356 valence electrons. The van der Waals surface area contributed by atoms with Gasteiger partial charge in [0, 0.05) is 65.9 Å². The van der Waals surface area contributed by atoms with Gasteiger partial charge in [-0.3, -0.25) is 0 Å². The lowest BCUT2D eigenvalue weighted by Crippen LogP contribution is -2.02. The van der Waals surface area contributed by atoms with Crippen molar-refractivity contribution >= 4 is 65.4 Å². The van der Waals surface area contributed by atoms with Crippen LogP contribution in [0.25, 0.3) is 139 Å². The van der Waals surface area contributed by atoms with Crippen molar-refractivity contribution < 1.29 is 0 Å². The SMILES string of the molecule is Cc1ccccc1-n1c2ccccc2c2cc(-c3ccc4c(c3)c3ccccc3n4-c3ccc(-c4ccc(-c5nc(-c6ccccc6)nc(-c6ccccc6)n5)cc4-n4c5ccccc5c5ccccc54)cc3)ccc21. The highest BCUT2D eigenvalue weighted by Crippen LogP contribution is 2.42. The Kier molecular flexibility index (Phi) is 10.0. The summed E-state index contributed by atoms with van der Waals surface area (Å²) in [5.41, 5.74) is 18.9. The monoisotopic (exact) mass is 970 g/mol. The van der Waals surface area contributed by atoms with Gasteiger partial charge in [-0.1, -0.05) is 188 Å². The Labute approximate surface area is 438 Å². The summed E-state index contributed by atoms with van der Waals surface area (Å²) in [4.78, 5) is 15.3. The van der Waals surface area contributed by atoms with E-state index in [1.165, 1.54) is 65.7 Å². The molecule has 0 bridgehead atoms. The largest absolute Gasteiger partial charge is 0.309 e. The molecule has 0 spiro atoms. The van der Waals surface area contributed by atoms with E-state index in [1.807, 2.05) is 36.4 Å². The molecule has 0 radical (unpaired) electrons. The van der Waals surface area contributed by atoms with Gasteiger partial charge in [0.25, 0.3) is 0 Å². The minimum atomic E-state index is 0.609. The molecule has 6 heteroatoms. The number of benzene rings is 11. The molecule has 0 aliphatic heterocycles. The van der Waals surface area contributed by atoms with Crippen LogP contribution in [0, 0.1) is 6.92 Å². The van der Waals surface area contributed by atoms with Gasteiger partial charge in [0.2, 0.25) is 0 Å². The smallest absolute Gasteiger partial charge is 0.164 e. The van der Waals surface area contributed by atoms with Gasteiger partial charge in [0.05, 0.1) is 38.8 Å². The summed E-state index contributed by atoms with van der Waals surface area (Å²) in [5.74, 6) is 1.87. The van der Waals surface area contributed by atoms with Crippen LogP contribution in [0.5, 0.6) is 0 Å². The van der Waals surface area contributed by atoms with Crippen molar-refractivity contribution in [2.24, 2.45) is 0 Å². The van der Waals surface area contributed by atoms with Gasteiger partial charge in [-0.2, -0.15) is 0 Å². The second-order valence-corrected chi connectivity index (χ2v) is 19.6. The Hall–Kier alpha value is -10.2. The summed E-state index contributed by atoms with van der Waals surface area (Å²) < 4.78 is 7.22. The molecule has 11 aromatic carbocycles. The molecule has 0 aliphatic carbocycles. The van der Waals surface area contributed by atoms with E-state index >= 15 is 0 Å². The van der Waals surface area contributed by atoms with Crippen LogP contribution in [0.2, 0.25) is 0 Å². The first-order valence-electron chi connectivity index (χ1n) is 25.8. The summed E-state index contributed by atoms with van der Waals surface area (Å²) in [6.45, 7) is 2.19. The van der Waals surface area contributed by atoms with Crippen molar-refractivity contribution in [3.63, 3.8) is 0 Å². The predicted molar refractivity (Wildman–Crippen MR) is 315 cm³/mol. The summed E-state index contributed by atoms with van der Waals surface area (Å²) in [6.07, 6.45) is 0. The average molecular weight is 971 g/mol. The van der Waals surface area contributed by atoms with Gasteiger partial charge in [-0.05, 0) is 102 Å². The zero-order valence-electron chi connectivity index (χ0n) is 41.5. The summed E-state index contributed by atoms with van der Waals surface area (Å²) in [7, 11) is 0. The fourth-order valence-corrected chi connectivity index (χ4v) is 11.7. The third kappa shape index (κ3) is 6.99. The van der Waals surface area contributed by atoms with Crippen LogP contribution in [0.4, 0.5) is 0 Å². The van der Waals surface area contributed by atoms with Gasteiger partial charge in [0.15, 0.2) is 17.5 Å². The van der Waals surface area contributed by atoms with Crippen LogP contribution in [0.15, 0.2) is 261 Å². The second-order valence-electron chi connectivity index (χ2n) is 19.6. The molecule has 4 aromatic heterocycles. The minimum absolute atomic E-state index is 0.609.